The molecule has 0 spiro atoms. The number of carbonyl (C=O) groups is 1. The third kappa shape index (κ3) is 3.36. The van der Waals surface area contributed by atoms with Gasteiger partial charge >= 0.3 is 5.97 Å². The molecular formula is C12H20N2O2. The van der Waals surface area contributed by atoms with Crippen LogP contribution in [0.2, 0.25) is 0 Å². The number of hydrogen-bond donors (Lipinski definition) is 1. The molecule has 1 aromatic rings. The first-order valence-electron chi connectivity index (χ1n) is 5.84. The Morgan fingerprint density at radius 2 is 2.25 bits per heavy atom. The number of aromatic carboxylic acids is 1. The fourth-order valence-electron chi connectivity index (χ4n) is 1.59. The van der Waals surface area contributed by atoms with E-state index in [1.54, 1.807) is 6.07 Å². The number of rotatable bonds is 6. The standard InChI is InChI=1S/C12H20N2O2/c1-4-5-10-8-11(12(15)16)13-14(10)7-6-9(2)3/h8-9H,4-7H2,1-3H3,(H,15,16). The molecule has 1 N–H and O–H groups in total. The highest BCUT2D eigenvalue weighted by atomic mass is 16.4. The van der Waals surface area contributed by atoms with Gasteiger partial charge in [0.05, 0.1) is 0 Å². The third-order valence-electron chi connectivity index (χ3n) is 2.51. The van der Waals surface area contributed by atoms with Crippen LogP contribution in [-0.4, -0.2) is 20.9 Å². The van der Waals surface area contributed by atoms with Gasteiger partial charge in [0.25, 0.3) is 0 Å². The average Bonchev–Trinajstić information content (AvgIpc) is 2.59. The van der Waals surface area contributed by atoms with Crippen molar-refractivity contribution in [3.63, 3.8) is 0 Å². The molecular weight excluding hydrogens is 204 g/mol. The van der Waals surface area contributed by atoms with E-state index in [-0.39, 0.29) is 5.69 Å². The van der Waals surface area contributed by atoms with Crippen LogP contribution < -0.4 is 0 Å². The Hall–Kier alpha value is -1.32. The maximum absolute atomic E-state index is 10.8. The highest BCUT2D eigenvalue weighted by molar-refractivity contribution is 5.85. The molecule has 0 aromatic carbocycles. The first-order valence-corrected chi connectivity index (χ1v) is 5.84. The van der Waals surface area contributed by atoms with Gasteiger partial charge in [0.15, 0.2) is 5.69 Å². The lowest BCUT2D eigenvalue weighted by Crippen LogP contribution is -2.08. The van der Waals surface area contributed by atoms with E-state index in [1.807, 2.05) is 4.68 Å². The second kappa shape index (κ2) is 5.68. The van der Waals surface area contributed by atoms with Crippen LogP contribution in [0.3, 0.4) is 0 Å². The molecule has 4 nitrogen and oxygen atoms in total. The first kappa shape index (κ1) is 12.7. The van der Waals surface area contributed by atoms with Gasteiger partial charge in [-0.3, -0.25) is 4.68 Å². The van der Waals surface area contributed by atoms with Crippen molar-refractivity contribution in [1.82, 2.24) is 9.78 Å². The van der Waals surface area contributed by atoms with E-state index in [1.165, 1.54) is 0 Å². The monoisotopic (exact) mass is 224 g/mol. The summed E-state index contributed by atoms with van der Waals surface area (Å²) in [5.74, 6) is -0.340. The van der Waals surface area contributed by atoms with Crippen molar-refractivity contribution in [3.8, 4) is 0 Å². The minimum Gasteiger partial charge on any atom is -0.476 e. The molecule has 0 amide bonds. The van der Waals surface area contributed by atoms with E-state index in [0.717, 1.165) is 31.5 Å². The molecule has 90 valence electrons. The lowest BCUT2D eigenvalue weighted by molar-refractivity contribution is 0.0689. The Morgan fingerprint density at radius 1 is 1.56 bits per heavy atom. The van der Waals surface area contributed by atoms with E-state index < -0.39 is 5.97 Å². The summed E-state index contributed by atoms with van der Waals surface area (Å²) in [6.45, 7) is 7.20. The van der Waals surface area contributed by atoms with Crippen molar-refractivity contribution in [2.45, 2.75) is 46.6 Å². The van der Waals surface area contributed by atoms with Crippen LogP contribution in [0.1, 0.15) is 49.8 Å². The van der Waals surface area contributed by atoms with Crippen molar-refractivity contribution in [1.29, 1.82) is 0 Å². The lowest BCUT2D eigenvalue weighted by Gasteiger charge is -2.08. The number of carboxylic acid groups (broad SMARTS) is 1. The quantitative estimate of drug-likeness (QED) is 0.808. The van der Waals surface area contributed by atoms with E-state index in [9.17, 15) is 4.79 Å². The first-order chi connectivity index (χ1) is 7.54. The second-order valence-corrected chi connectivity index (χ2v) is 4.48. The summed E-state index contributed by atoms with van der Waals surface area (Å²) in [6.07, 6.45) is 2.92. The molecule has 0 atom stereocenters. The van der Waals surface area contributed by atoms with Gasteiger partial charge < -0.3 is 5.11 Å². The summed E-state index contributed by atoms with van der Waals surface area (Å²) in [6, 6.07) is 1.69. The van der Waals surface area contributed by atoms with E-state index in [4.69, 9.17) is 5.11 Å². The summed E-state index contributed by atoms with van der Waals surface area (Å²) in [5.41, 5.74) is 1.19. The third-order valence-corrected chi connectivity index (χ3v) is 2.51. The Balaban J connectivity index is 2.82. The lowest BCUT2D eigenvalue weighted by atomic mass is 10.1. The largest absolute Gasteiger partial charge is 0.476 e. The van der Waals surface area contributed by atoms with Crippen molar-refractivity contribution in [2.75, 3.05) is 0 Å². The maximum atomic E-state index is 10.8. The fraction of sp³-hybridized carbons (Fsp3) is 0.667. The molecule has 1 aromatic heterocycles. The number of aromatic nitrogens is 2. The Bertz CT molecular complexity index is 356. The summed E-state index contributed by atoms with van der Waals surface area (Å²) in [5, 5.41) is 13.0. The minimum atomic E-state index is -0.944. The zero-order valence-electron chi connectivity index (χ0n) is 10.2. The molecule has 0 radical (unpaired) electrons. The van der Waals surface area contributed by atoms with Crippen LogP contribution in [0.15, 0.2) is 6.07 Å². The van der Waals surface area contributed by atoms with E-state index >= 15 is 0 Å². The predicted molar refractivity (Wildman–Crippen MR) is 62.6 cm³/mol. The average molecular weight is 224 g/mol. The Kier molecular flexibility index (Phi) is 4.52. The highest BCUT2D eigenvalue weighted by Crippen LogP contribution is 2.10. The Morgan fingerprint density at radius 3 is 2.75 bits per heavy atom. The summed E-state index contributed by atoms with van der Waals surface area (Å²) in [4.78, 5) is 10.8. The molecule has 1 heterocycles. The Labute approximate surface area is 96.3 Å². The molecule has 0 saturated heterocycles. The molecule has 16 heavy (non-hydrogen) atoms. The molecule has 0 fully saturated rings. The van der Waals surface area contributed by atoms with Crippen molar-refractivity contribution in [2.24, 2.45) is 5.92 Å². The SMILES string of the molecule is CCCc1cc(C(=O)O)nn1CCC(C)C. The van der Waals surface area contributed by atoms with Crippen LogP contribution in [0.5, 0.6) is 0 Å². The molecule has 0 unspecified atom stereocenters. The van der Waals surface area contributed by atoms with Crippen LogP contribution in [-0.2, 0) is 13.0 Å². The van der Waals surface area contributed by atoms with Crippen LogP contribution in [0, 0.1) is 5.92 Å². The van der Waals surface area contributed by atoms with Gasteiger partial charge in [0, 0.05) is 12.2 Å². The second-order valence-electron chi connectivity index (χ2n) is 4.48. The zero-order valence-corrected chi connectivity index (χ0v) is 10.2. The van der Waals surface area contributed by atoms with Gasteiger partial charge in [0.1, 0.15) is 0 Å². The van der Waals surface area contributed by atoms with E-state index in [2.05, 4.69) is 25.9 Å². The number of hydrogen-bond acceptors (Lipinski definition) is 2. The van der Waals surface area contributed by atoms with Crippen LogP contribution in [0.4, 0.5) is 0 Å². The van der Waals surface area contributed by atoms with Gasteiger partial charge in [-0.2, -0.15) is 5.10 Å². The van der Waals surface area contributed by atoms with Crippen molar-refractivity contribution < 1.29 is 9.90 Å². The molecule has 0 saturated carbocycles. The highest BCUT2D eigenvalue weighted by Gasteiger charge is 2.12. The van der Waals surface area contributed by atoms with Gasteiger partial charge in [-0.05, 0) is 24.8 Å². The molecule has 0 bridgehead atoms. The van der Waals surface area contributed by atoms with Crippen molar-refractivity contribution >= 4 is 5.97 Å². The van der Waals surface area contributed by atoms with Crippen LogP contribution in [0.25, 0.3) is 0 Å². The number of nitrogens with zero attached hydrogens (tertiary/aromatic N) is 2. The van der Waals surface area contributed by atoms with Gasteiger partial charge in [-0.1, -0.05) is 27.2 Å². The maximum Gasteiger partial charge on any atom is 0.356 e. The molecule has 1 rings (SSSR count). The normalized spacial score (nSPS) is 11.0. The number of carboxylic acids is 1. The van der Waals surface area contributed by atoms with Gasteiger partial charge in [-0.25, -0.2) is 4.79 Å². The number of aryl methyl sites for hydroxylation is 2. The summed E-state index contributed by atoms with van der Waals surface area (Å²) in [7, 11) is 0. The molecule has 4 heteroatoms. The molecule has 0 aliphatic carbocycles. The van der Waals surface area contributed by atoms with Gasteiger partial charge in [0.2, 0.25) is 0 Å². The topological polar surface area (TPSA) is 55.1 Å². The predicted octanol–water partition coefficient (Wildman–Crippen LogP) is 2.58. The molecule has 0 aliphatic heterocycles. The minimum absolute atomic E-state index is 0.159. The zero-order chi connectivity index (χ0) is 12.1. The van der Waals surface area contributed by atoms with E-state index in [0.29, 0.717) is 5.92 Å². The molecule has 0 aliphatic rings. The smallest absolute Gasteiger partial charge is 0.356 e. The summed E-state index contributed by atoms with van der Waals surface area (Å²) < 4.78 is 1.84. The van der Waals surface area contributed by atoms with Crippen LogP contribution >= 0.6 is 0 Å². The fourth-order valence-corrected chi connectivity index (χ4v) is 1.59. The van der Waals surface area contributed by atoms with Crippen molar-refractivity contribution in [3.05, 3.63) is 17.5 Å². The summed E-state index contributed by atoms with van der Waals surface area (Å²) >= 11 is 0. The van der Waals surface area contributed by atoms with Gasteiger partial charge in [-0.15, -0.1) is 0 Å².